The summed E-state index contributed by atoms with van der Waals surface area (Å²) in [6, 6.07) is -0.552. The highest BCUT2D eigenvalue weighted by molar-refractivity contribution is 5.77. The van der Waals surface area contributed by atoms with Crippen LogP contribution >= 0.6 is 0 Å². The fraction of sp³-hybridized carbons (Fsp3) is 0.800. The molecule has 36 heavy (non-hydrogen) atoms. The number of unbranched alkanes of at least 4 members (excludes halogenated alkanes) is 11. The van der Waals surface area contributed by atoms with Gasteiger partial charge < -0.3 is 35.8 Å². The van der Waals surface area contributed by atoms with Crippen molar-refractivity contribution in [2.75, 3.05) is 6.61 Å². The van der Waals surface area contributed by atoms with Gasteiger partial charge in [0.1, 0.15) is 24.9 Å². The van der Waals surface area contributed by atoms with E-state index < -0.39 is 42.7 Å². The number of carboxylic acid groups (broad SMARTS) is 1. The predicted octanol–water partition coefficient (Wildman–Crippen LogP) is 2.35. The molecular formula is C25H43N3O8. The minimum Gasteiger partial charge on any atom is -0.481 e. The Morgan fingerprint density at radius 3 is 1.97 bits per heavy atom. The Morgan fingerprint density at radius 1 is 0.917 bits per heavy atom. The molecule has 0 aromatic carbocycles. The molecule has 2 aliphatic rings. The van der Waals surface area contributed by atoms with Crippen molar-refractivity contribution < 1.29 is 39.2 Å². The van der Waals surface area contributed by atoms with Gasteiger partial charge in [0, 0.05) is 19.0 Å². The summed E-state index contributed by atoms with van der Waals surface area (Å²) >= 11 is 0. The van der Waals surface area contributed by atoms with Crippen LogP contribution in [0, 0.1) is 0 Å². The summed E-state index contributed by atoms with van der Waals surface area (Å²) in [5.74, 6) is -1.09. The first-order chi connectivity index (χ1) is 17.3. The maximum atomic E-state index is 12.0. The maximum Gasteiger partial charge on any atom is 0.325 e. The lowest BCUT2D eigenvalue weighted by Crippen LogP contribution is -2.55. The Kier molecular flexibility index (Phi) is 13.8. The molecule has 1 saturated heterocycles. The Bertz CT molecular complexity index is 719. The number of nitrogens with one attached hydrogen (secondary N) is 1. The number of hydrogen-bond donors (Lipinski definition) is 5. The lowest BCUT2D eigenvalue weighted by molar-refractivity contribution is -0.150. The normalized spacial score (nSPS) is 25.7. The van der Waals surface area contributed by atoms with Gasteiger partial charge in [0.25, 0.3) is 0 Å². The van der Waals surface area contributed by atoms with Gasteiger partial charge in [0.15, 0.2) is 6.23 Å². The molecule has 0 aromatic rings. The molecule has 2 heterocycles. The third kappa shape index (κ3) is 10.8. The largest absolute Gasteiger partial charge is 0.481 e. The van der Waals surface area contributed by atoms with Crippen molar-refractivity contribution in [1.29, 1.82) is 0 Å². The number of hydrogen-bond acceptors (Lipinski definition) is 8. The van der Waals surface area contributed by atoms with Crippen molar-refractivity contribution >= 4 is 18.0 Å². The van der Waals surface area contributed by atoms with Gasteiger partial charge in [-0.1, -0.05) is 64.2 Å². The Hall–Kier alpha value is -2.21. The van der Waals surface area contributed by atoms with Crippen LogP contribution < -0.4 is 11.1 Å². The molecular weight excluding hydrogens is 470 g/mol. The van der Waals surface area contributed by atoms with E-state index in [1.54, 1.807) is 0 Å². The third-order valence-electron chi connectivity index (χ3n) is 6.52. The number of ether oxygens (including phenoxy) is 2. The third-order valence-corrected chi connectivity index (χ3v) is 6.52. The first-order valence-corrected chi connectivity index (χ1v) is 13.2. The molecule has 11 nitrogen and oxygen atoms in total. The highest BCUT2D eigenvalue weighted by Crippen LogP contribution is 2.26. The van der Waals surface area contributed by atoms with Crippen LogP contribution in [0.4, 0.5) is 4.79 Å². The summed E-state index contributed by atoms with van der Waals surface area (Å²) in [4.78, 5) is 35.7. The second kappa shape index (κ2) is 16.5. The fourth-order valence-electron chi connectivity index (χ4n) is 4.38. The highest BCUT2D eigenvalue weighted by Gasteiger charge is 2.47. The second-order valence-electron chi connectivity index (χ2n) is 9.59. The van der Waals surface area contributed by atoms with Gasteiger partial charge in [-0.15, -0.1) is 0 Å². The molecule has 11 heteroatoms. The topological polar surface area (TPSA) is 172 Å². The number of aliphatic carboxylic acids is 1. The van der Waals surface area contributed by atoms with Crippen molar-refractivity contribution in [3.63, 3.8) is 0 Å². The summed E-state index contributed by atoms with van der Waals surface area (Å²) in [6.45, 7) is -0.203. The number of amides is 2. The lowest BCUT2D eigenvalue weighted by Gasteiger charge is -2.31. The van der Waals surface area contributed by atoms with Gasteiger partial charge in [-0.25, -0.2) is 4.79 Å². The van der Waals surface area contributed by atoms with Crippen LogP contribution in [0.3, 0.4) is 0 Å². The van der Waals surface area contributed by atoms with Crippen molar-refractivity contribution in [2.24, 2.45) is 5.73 Å². The zero-order valence-electron chi connectivity index (χ0n) is 21.1. The standard InChI is InChI=1S/C25H43N3O8/c26-19-15-16-28(25(34)27-19)24-23(33)22(32)18(36-24)17-35-21(31)14-12-10-8-6-4-2-1-3-5-7-9-11-13-20(29)30/h15-16,18-19,22-24,32-33H,1-14,17,26H2,(H,27,34)(H,29,30). The number of rotatable bonds is 18. The SMILES string of the molecule is NC1C=CN(C2OC(COC(=O)CCCCCCCCCCCCCCC(=O)O)C(O)C2O)C(=O)N1. The number of aliphatic hydroxyl groups excluding tert-OH is 2. The van der Waals surface area contributed by atoms with Gasteiger partial charge >= 0.3 is 18.0 Å². The number of nitrogens with zero attached hydrogens (tertiary/aromatic N) is 1. The lowest BCUT2D eigenvalue weighted by atomic mass is 10.0. The monoisotopic (exact) mass is 513 g/mol. The second-order valence-corrected chi connectivity index (χ2v) is 9.59. The van der Waals surface area contributed by atoms with E-state index in [4.69, 9.17) is 20.3 Å². The summed E-state index contributed by atoms with van der Waals surface area (Å²) in [5, 5.41) is 31.6. The van der Waals surface area contributed by atoms with Crippen LogP contribution in [-0.2, 0) is 19.1 Å². The Balaban J connectivity index is 1.46. The summed E-state index contributed by atoms with van der Waals surface area (Å²) in [5.41, 5.74) is 5.60. The van der Waals surface area contributed by atoms with Crippen LogP contribution in [0.2, 0.25) is 0 Å². The maximum absolute atomic E-state index is 12.0. The van der Waals surface area contributed by atoms with E-state index in [1.807, 2.05) is 0 Å². The van der Waals surface area contributed by atoms with Gasteiger partial charge in [0.05, 0.1) is 6.17 Å². The van der Waals surface area contributed by atoms with E-state index in [1.165, 1.54) is 44.4 Å². The number of esters is 1. The molecule has 5 atom stereocenters. The first kappa shape index (κ1) is 30.0. The molecule has 2 amide bonds. The van der Waals surface area contributed by atoms with E-state index in [-0.39, 0.29) is 25.4 Å². The number of carbonyl (C=O) groups excluding carboxylic acids is 2. The fourth-order valence-corrected chi connectivity index (χ4v) is 4.38. The zero-order chi connectivity index (χ0) is 26.3. The van der Waals surface area contributed by atoms with E-state index >= 15 is 0 Å². The van der Waals surface area contributed by atoms with Gasteiger partial charge in [-0.2, -0.15) is 0 Å². The minimum absolute atomic E-state index is 0.203. The van der Waals surface area contributed by atoms with Gasteiger partial charge in [0.2, 0.25) is 0 Å². The van der Waals surface area contributed by atoms with E-state index in [0.29, 0.717) is 0 Å². The number of aliphatic hydroxyl groups is 2. The summed E-state index contributed by atoms with van der Waals surface area (Å²) in [7, 11) is 0. The van der Waals surface area contributed by atoms with Crippen LogP contribution in [-0.4, -0.2) is 75.5 Å². The molecule has 0 bridgehead atoms. The molecule has 0 radical (unpaired) electrons. The molecule has 2 rings (SSSR count). The van der Waals surface area contributed by atoms with Crippen LogP contribution in [0.5, 0.6) is 0 Å². The van der Waals surface area contributed by atoms with Crippen molar-refractivity contribution in [1.82, 2.24) is 10.2 Å². The summed E-state index contributed by atoms with van der Waals surface area (Å²) in [6.07, 6.45) is 10.9. The van der Waals surface area contributed by atoms with Crippen molar-refractivity contribution in [3.8, 4) is 0 Å². The molecule has 0 aliphatic carbocycles. The minimum atomic E-state index is -1.35. The van der Waals surface area contributed by atoms with Crippen LogP contribution in [0.25, 0.3) is 0 Å². The van der Waals surface area contributed by atoms with Gasteiger partial charge in [-0.05, 0) is 18.9 Å². The van der Waals surface area contributed by atoms with E-state index in [9.17, 15) is 24.6 Å². The van der Waals surface area contributed by atoms with Crippen LogP contribution in [0.1, 0.15) is 89.9 Å². The first-order valence-electron chi connectivity index (χ1n) is 13.2. The molecule has 5 unspecified atom stereocenters. The number of urea groups is 1. The average Bonchev–Trinajstić information content (AvgIpc) is 3.11. The van der Waals surface area contributed by atoms with E-state index in [0.717, 1.165) is 49.8 Å². The summed E-state index contributed by atoms with van der Waals surface area (Å²) < 4.78 is 10.8. The zero-order valence-corrected chi connectivity index (χ0v) is 21.1. The van der Waals surface area contributed by atoms with Crippen molar-refractivity contribution in [2.45, 2.75) is 121 Å². The Morgan fingerprint density at radius 2 is 1.44 bits per heavy atom. The average molecular weight is 514 g/mol. The van der Waals surface area contributed by atoms with Crippen LogP contribution in [0.15, 0.2) is 12.3 Å². The molecule has 2 aliphatic heterocycles. The predicted molar refractivity (Wildman–Crippen MR) is 131 cm³/mol. The highest BCUT2D eigenvalue weighted by atomic mass is 16.6. The van der Waals surface area contributed by atoms with E-state index in [2.05, 4.69) is 5.32 Å². The molecule has 0 saturated carbocycles. The number of carboxylic acids is 1. The number of carbonyl (C=O) groups is 3. The Labute approximate surface area is 213 Å². The molecule has 206 valence electrons. The van der Waals surface area contributed by atoms with Crippen molar-refractivity contribution in [3.05, 3.63) is 12.3 Å². The molecule has 6 N–H and O–H groups in total. The van der Waals surface area contributed by atoms with Gasteiger partial charge in [-0.3, -0.25) is 14.5 Å². The molecule has 1 fully saturated rings. The number of nitrogens with two attached hydrogens (primary N) is 1. The molecule has 0 spiro atoms. The smallest absolute Gasteiger partial charge is 0.325 e. The quantitative estimate of drug-likeness (QED) is 0.136. The molecule has 0 aromatic heterocycles.